The Balaban J connectivity index is 2.16. The molecule has 0 radical (unpaired) electrons. The summed E-state index contributed by atoms with van der Waals surface area (Å²) in [4.78, 5) is 4.93. The summed E-state index contributed by atoms with van der Waals surface area (Å²) >= 11 is 0. The van der Waals surface area contributed by atoms with Crippen LogP contribution >= 0.6 is 0 Å². The van der Waals surface area contributed by atoms with Gasteiger partial charge >= 0.3 is 0 Å². The van der Waals surface area contributed by atoms with Crippen molar-refractivity contribution < 1.29 is 0 Å². The molecule has 0 aliphatic carbocycles. The van der Waals surface area contributed by atoms with Gasteiger partial charge in [-0.25, -0.2) is 4.98 Å². The van der Waals surface area contributed by atoms with Gasteiger partial charge in [-0.1, -0.05) is 44.5 Å². The van der Waals surface area contributed by atoms with Crippen molar-refractivity contribution in [1.82, 2.24) is 14.0 Å². The van der Waals surface area contributed by atoms with Crippen LogP contribution in [0.1, 0.15) is 39.2 Å². The number of para-hydroxylation sites is 4. The zero-order valence-electron chi connectivity index (χ0n) is 13.2. The molecule has 0 spiro atoms. The minimum absolute atomic E-state index is 0.504. The Morgan fingerprint density at radius 3 is 2.32 bits per heavy atom. The standard InChI is InChI=1S/C19H21N3/c1-3-9-14(4-2)21-17-12-7-8-13-18(17)22-16-11-6-5-10-15(16)20-19(21)22/h5-8,10-14H,3-4,9H2,1-2H3. The second kappa shape index (κ2) is 5.16. The molecule has 3 heteroatoms. The highest BCUT2D eigenvalue weighted by Crippen LogP contribution is 2.31. The lowest BCUT2D eigenvalue weighted by Gasteiger charge is -2.17. The van der Waals surface area contributed by atoms with Crippen LogP contribution in [-0.2, 0) is 0 Å². The maximum absolute atomic E-state index is 4.93. The molecule has 2 aromatic heterocycles. The fourth-order valence-electron chi connectivity index (χ4n) is 3.59. The highest BCUT2D eigenvalue weighted by Gasteiger charge is 2.19. The molecule has 0 bridgehead atoms. The number of nitrogens with zero attached hydrogens (tertiary/aromatic N) is 3. The highest BCUT2D eigenvalue weighted by molar-refractivity contribution is 5.90. The first-order chi connectivity index (χ1) is 10.8. The molecule has 2 aromatic carbocycles. The lowest BCUT2D eigenvalue weighted by atomic mass is 10.1. The fourth-order valence-corrected chi connectivity index (χ4v) is 3.59. The van der Waals surface area contributed by atoms with Crippen molar-refractivity contribution in [2.24, 2.45) is 0 Å². The molecule has 0 fully saturated rings. The van der Waals surface area contributed by atoms with Crippen LogP contribution in [0.4, 0.5) is 0 Å². The zero-order chi connectivity index (χ0) is 15.1. The molecule has 0 N–H and O–H groups in total. The van der Waals surface area contributed by atoms with E-state index in [1.54, 1.807) is 0 Å². The van der Waals surface area contributed by atoms with Gasteiger partial charge in [-0.15, -0.1) is 0 Å². The molecule has 0 saturated heterocycles. The number of imidazole rings is 2. The van der Waals surface area contributed by atoms with Crippen molar-refractivity contribution in [2.45, 2.75) is 39.2 Å². The third kappa shape index (κ3) is 1.78. The molecule has 1 unspecified atom stereocenters. The van der Waals surface area contributed by atoms with Crippen LogP contribution in [0.3, 0.4) is 0 Å². The molecule has 4 rings (SSSR count). The molecule has 3 nitrogen and oxygen atoms in total. The smallest absolute Gasteiger partial charge is 0.216 e. The number of rotatable bonds is 4. The van der Waals surface area contributed by atoms with E-state index in [0.717, 1.165) is 17.7 Å². The number of aromatic nitrogens is 3. The van der Waals surface area contributed by atoms with Gasteiger partial charge in [0.15, 0.2) is 0 Å². The number of benzene rings is 2. The van der Waals surface area contributed by atoms with E-state index in [-0.39, 0.29) is 0 Å². The second-order valence-corrected chi connectivity index (χ2v) is 5.95. The number of hydrogen-bond acceptors (Lipinski definition) is 1. The van der Waals surface area contributed by atoms with Gasteiger partial charge in [-0.3, -0.25) is 4.40 Å². The summed E-state index contributed by atoms with van der Waals surface area (Å²) in [5.74, 6) is 1.07. The first-order valence-electron chi connectivity index (χ1n) is 8.21. The van der Waals surface area contributed by atoms with E-state index in [0.29, 0.717) is 6.04 Å². The Morgan fingerprint density at radius 2 is 1.59 bits per heavy atom. The average Bonchev–Trinajstić information content (AvgIpc) is 3.07. The lowest BCUT2D eigenvalue weighted by Crippen LogP contribution is -2.08. The highest BCUT2D eigenvalue weighted by atomic mass is 15.2. The van der Waals surface area contributed by atoms with Gasteiger partial charge in [0.05, 0.1) is 22.1 Å². The quantitative estimate of drug-likeness (QED) is 0.507. The van der Waals surface area contributed by atoms with Crippen LogP contribution in [0, 0.1) is 0 Å². The Hall–Kier alpha value is -2.29. The second-order valence-electron chi connectivity index (χ2n) is 5.95. The summed E-state index contributed by atoms with van der Waals surface area (Å²) in [6.45, 7) is 4.53. The van der Waals surface area contributed by atoms with Crippen molar-refractivity contribution in [2.75, 3.05) is 0 Å². The van der Waals surface area contributed by atoms with E-state index >= 15 is 0 Å². The minimum Gasteiger partial charge on any atom is -0.307 e. The number of hydrogen-bond donors (Lipinski definition) is 0. The molecule has 2 heterocycles. The molecule has 112 valence electrons. The van der Waals surface area contributed by atoms with E-state index in [2.05, 4.69) is 71.3 Å². The van der Waals surface area contributed by atoms with E-state index in [9.17, 15) is 0 Å². The third-order valence-corrected chi connectivity index (χ3v) is 4.60. The topological polar surface area (TPSA) is 22.2 Å². The summed E-state index contributed by atoms with van der Waals surface area (Å²) in [5.41, 5.74) is 4.80. The van der Waals surface area contributed by atoms with Crippen molar-refractivity contribution >= 4 is 27.8 Å². The Morgan fingerprint density at radius 1 is 0.909 bits per heavy atom. The fraction of sp³-hybridized carbons (Fsp3) is 0.316. The van der Waals surface area contributed by atoms with E-state index in [1.807, 2.05) is 0 Å². The maximum atomic E-state index is 4.93. The summed E-state index contributed by atoms with van der Waals surface area (Å²) in [6, 6.07) is 17.6. The van der Waals surface area contributed by atoms with Crippen LogP contribution in [0.25, 0.3) is 27.8 Å². The van der Waals surface area contributed by atoms with Crippen molar-refractivity contribution in [3.8, 4) is 0 Å². The normalized spacial score (nSPS) is 13.4. The molecule has 0 aliphatic heterocycles. The third-order valence-electron chi connectivity index (χ3n) is 4.60. The van der Waals surface area contributed by atoms with E-state index < -0.39 is 0 Å². The molecule has 1 atom stereocenters. The van der Waals surface area contributed by atoms with Gasteiger partial charge in [0.1, 0.15) is 0 Å². The van der Waals surface area contributed by atoms with Crippen molar-refractivity contribution in [3.63, 3.8) is 0 Å². The van der Waals surface area contributed by atoms with Crippen LogP contribution < -0.4 is 0 Å². The van der Waals surface area contributed by atoms with Crippen LogP contribution in [0.15, 0.2) is 48.5 Å². The summed E-state index contributed by atoms with van der Waals surface area (Å²) in [7, 11) is 0. The molecule has 22 heavy (non-hydrogen) atoms. The summed E-state index contributed by atoms with van der Waals surface area (Å²) in [5, 5.41) is 0. The Bertz CT molecular complexity index is 945. The van der Waals surface area contributed by atoms with Crippen LogP contribution in [0.5, 0.6) is 0 Å². The SMILES string of the molecule is CCCC(CC)n1c2ccccc2n2c3ccccc3nc12. The minimum atomic E-state index is 0.504. The van der Waals surface area contributed by atoms with Crippen LogP contribution in [0.2, 0.25) is 0 Å². The Labute approximate surface area is 130 Å². The van der Waals surface area contributed by atoms with Crippen molar-refractivity contribution in [1.29, 1.82) is 0 Å². The van der Waals surface area contributed by atoms with Gasteiger partial charge in [-0.05, 0) is 37.1 Å². The molecule has 0 saturated carbocycles. The summed E-state index contributed by atoms with van der Waals surface area (Å²) in [6.07, 6.45) is 3.51. The van der Waals surface area contributed by atoms with Gasteiger partial charge in [0, 0.05) is 6.04 Å². The molecular weight excluding hydrogens is 270 g/mol. The monoisotopic (exact) mass is 291 g/mol. The average molecular weight is 291 g/mol. The van der Waals surface area contributed by atoms with Crippen LogP contribution in [-0.4, -0.2) is 14.0 Å². The first-order valence-corrected chi connectivity index (χ1v) is 8.21. The maximum Gasteiger partial charge on any atom is 0.216 e. The molecule has 4 aromatic rings. The molecule has 0 aliphatic rings. The van der Waals surface area contributed by atoms with Gasteiger partial charge < -0.3 is 4.57 Å². The summed E-state index contributed by atoms with van der Waals surface area (Å²) < 4.78 is 4.75. The van der Waals surface area contributed by atoms with E-state index in [1.165, 1.54) is 29.4 Å². The van der Waals surface area contributed by atoms with E-state index in [4.69, 9.17) is 4.98 Å². The molecule has 0 amide bonds. The lowest BCUT2D eigenvalue weighted by molar-refractivity contribution is 0.467. The Kier molecular flexibility index (Phi) is 3.14. The van der Waals surface area contributed by atoms with Gasteiger partial charge in [-0.2, -0.15) is 0 Å². The number of fused-ring (bicyclic) bond motifs is 5. The largest absolute Gasteiger partial charge is 0.307 e. The molecular formula is C19H21N3. The van der Waals surface area contributed by atoms with Crippen molar-refractivity contribution in [3.05, 3.63) is 48.5 Å². The predicted molar refractivity (Wildman–Crippen MR) is 92.4 cm³/mol. The predicted octanol–water partition coefficient (Wildman–Crippen LogP) is 5.19. The van der Waals surface area contributed by atoms with Gasteiger partial charge in [0.2, 0.25) is 5.78 Å². The first kappa shape index (κ1) is 13.4. The van der Waals surface area contributed by atoms with Gasteiger partial charge in [0.25, 0.3) is 0 Å². The zero-order valence-corrected chi connectivity index (χ0v) is 13.2.